The second kappa shape index (κ2) is 9.77. The SMILES string of the molecule is C=CCCOCCNc1cccc(OCCC)c1[N+](=O)[O-]. The molecule has 0 radical (unpaired) electrons. The fraction of sp³-hybridized carbons (Fsp3) is 0.467. The number of nitro groups is 1. The number of nitrogens with zero attached hydrogens (tertiary/aromatic N) is 1. The number of nitrogens with one attached hydrogen (secondary N) is 1. The van der Waals surface area contributed by atoms with Gasteiger partial charge in [0, 0.05) is 6.54 Å². The van der Waals surface area contributed by atoms with Crippen LogP contribution in [-0.4, -0.2) is 31.3 Å². The molecule has 0 aliphatic heterocycles. The van der Waals surface area contributed by atoms with Gasteiger partial charge >= 0.3 is 5.69 Å². The Hall–Kier alpha value is -2.08. The third kappa shape index (κ3) is 5.83. The molecule has 6 nitrogen and oxygen atoms in total. The molecule has 0 saturated carbocycles. The third-order valence-electron chi connectivity index (χ3n) is 2.67. The van der Waals surface area contributed by atoms with Gasteiger partial charge in [0.05, 0.1) is 24.7 Å². The Labute approximate surface area is 124 Å². The van der Waals surface area contributed by atoms with Crippen LogP contribution in [0.5, 0.6) is 5.75 Å². The van der Waals surface area contributed by atoms with E-state index in [0.29, 0.717) is 37.8 Å². The molecule has 1 N–H and O–H groups in total. The molecule has 1 rings (SSSR count). The molecular formula is C15H22N2O4. The van der Waals surface area contributed by atoms with Crippen molar-refractivity contribution in [2.24, 2.45) is 0 Å². The lowest BCUT2D eigenvalue weighted by molar-refractivity contribution is -0.385. The predicted molar refractivity (Wildman–Crippen MR) is 83.0 cm³/mol. The molecule has 0 aromatic heterocycles. The van der Waals surface area contributed by atoms with Crippen LogP contribution in [0.3, 0.4) is 0 Å². The van der Waals surface area contributed by atoms with Crippen LogP contribution in [0.15, 0.2) is 30.9 Å². The van der Waals surface area contributed by atoms with Crippen molar-refractivity contribution < 1.29 is 14.4 Å². The standard InChI is InChI=1S/C15H22N2O4/c1-3-5-11-20-12-9-16-13-7-6-8-14(21-10-4-2)15(13)17(18)19/h3,6-8,16H,1,4-5,9-12H2,2H3. The highest BCUT2D eigenvalue weighted by molar-refractivity contribution is 5.68. The summed E-state index contributed by atoms with van der Waals surface area (Å²) in [7, 11) is 0. The van der Waals surface area contributed by atoms with Crippen molar-refractivity contribution >= 4 is 11.4 Å². The second-order valence-electron chi connectivity index (χ2n) is 4.37. The smallest absolute Gasteiger partial charge is 0.333 e. The number of hydrogen-bond donors (Lipinski definition) is 1. The first kappa shape index (κ1) is 17.0. The number of benzene rings is 1. The Morgan fingerprint density at radius 3 is 2.86 bits per heavy atom. The van der Waals surface area contributed by atoms with Crippen LogP contribution in [0.4, 0.5) is 11.4 Å². The van der Waals surface area contributed by atoms with Gasteiger partial charge in [-0.15, -0.1) is 6.58 Å². The maximum atomic E-state index is 11.2. The lowest BCUT2D eigenvalue weighted by Crippen LogP contribution is -2.11. The van der Waals surface area contributed by atoms with Gasteiger partial charge in [-0.05, 0) is 25.0 Å². The molecule has 0 saturated heterocycles. The van der Waals surface area contributed by atoms with Gasteiger partial charge in [-0.1, -0.05) is 19.1 Å². The molecule has 0 aliphatic carbocycles. The average molecular weight is 294 g/mol. The molecular weight excluding hydrogens is 272 g/mol. The Morgan fingerprint density at radius 1 is 1.38 bits per heavy atom. The summed E-state index contributed by atoms with van der Waals surface area (Å²) in [6, 6.07) is 5.01. The summed E-state index contributed by atoms with van der Waals surface area (Å²) in [5.74, 6) is 0.291. The number of nitro benzene ring substituents is 1. The molecule has 0 bridgehead atoms. The van der Waals surface area contributed by atoms with Gasteiger partial charge in [-0.3, -0.25) is 10.1 Å². The minimum absolute atomic E-state index is 0.0305. The lowest BCUT2D eigenvalue weighted by atomic mass is 10.2. The second-order valence-corrected chi connectivity index (χ2v) is 4.37. The highest BCUT2D eigenvalue weighted by atomic mass is 16.6. The van der Waals surface area contributed by atoms with Crippen LogP contribution in [0.1, 0.15) is 19.8 Å². The molecule has 21 heavy (non-hydrogen) atoms. The van der Waals surface area contributed by atoms with E-state index in [-0.39, 0.29) is 5.69 Å². The zero-order chi connectivity index (χ0) is 15.5. The summed E-state index contributed by atoms with van der Waals surface area (Å²) in [6.45, 7) is 7.59. The number of rotatable bonds is 11. The minimum atomic E-state index is -0.425. The van der Waals surface area contributed by atoms with Crippen LogP contribution in [0, 0.1) is 10.1 Å². The number of anilines is 1. The van der Waals surface area contributed by atoms with Crippen molar-refractivity contribution in [1.82, 2.24) is 0 Å². The maximum absolute atomic E-state index is 11.2. The summed E-state index contributed by atoms with van der Waals surface area (Å²) in [4.78, 5) is 10.8. The molecule has 0 unspecified atom stereocenters. The monoisotopic (exact) mass is 294 g/mol. The van der Waals surface area contributed by atoms with Crippen molar-refractivity contribution in [3.8, 4) is 5.75 Å². The molecule has 0 amide bonds. The molecule has 1 aromatic carbocycles. The van der Waals surface area contributed by atoms with Crippen LogP contribution < -0.4 is 10.1 Å². The van der Waals surface area contributed by atoms with Crippen molar-refractivity contribution in [1.29, 1.82) is 0 Å². The molecule has 116 valence electrons. The van der Waals surface area contributed by atoms with Crippen LogP contribution in [0.25, 0.3) is 0 Å². The van der Waals surface area contributed by atoms with Gasteiger partial charge in [0.25, 0.3) is 0 Å². The molecule has 6 heteroatoms. The number of ether oxygens (including phenoxy) is 2. The third-order valence-corrected chi connectivity index (χ3v) is 2.67. The van der Waals surface area contributed by atoms with Crippen molar-refractivity contribution in [3.05, 3.63) is 41.0 Å². The van der Waals surface area contributed by atoms with Crippen LogP contribution >= 0.6 is 0 Å². The zero-order valence-corrected chi connectivity index (χ0v) is 12.3. The summed E-state index contributed by atoms with van der Waals surface area (Å²) in [5.41, 5.74) is 0.415. The highest BCUT2D eigenvalue weighted by Crippen LogP contribution is 2.34. The Bertz CT molecular complexity index is 463. The van der Waals surface area contributed by atoms with E-state index in [1.54, 1.807) is 24.3 Å². The topological polar surface area (TPSA) is 73.6 Å². The van der Waals surface area contributed by atoms with Gasteiger partial charge in [0.2, 0.25) is 0 Å². The van der Waals surface area contributed by atoms with Crippen molar-refractivity contribution in [2.75, 3.05) is 31.7 Å². The number of para-hydroxylation sites is 1. The maximum Gasteiger partial charge on any atom is 0.333 e. The fourth-order valence-electron chi connectivity index (χ4n) is 1.71. The fourth-order valence-corrected chi connectivity index (χ4v) is 1.71. The van der Waals surface area contributed by atoms with Gasteiger partial charge in [0.15, 0.2) is 5.75 Å². The molecule has 0 spiro atoms. The Morgan fingerprint density at radius 2 is 2.19 bits per heavy atom. The van der Waals surface area contributed by atoms with Gasteiger partial charge in [-0.2, -0.15) is 0 Å². The molecule has 0 aliphatic rings. The first-order chi connectivity index (χ1) is 10.2. The molecule has 0 heterocycles. The van der Waals surface area contributed by atoms with E-state index in [1.165, 1.54) is 0 Å². The van der Waals surface area contributed by atoms with E-state index >= 15 is 0 Å². The van der Waals surface area contributed by atoms with E-state index in [4.69, 9.17) is 9.47 Å². The van der Waals surface area contributed by atoms with E-state index < -0.39 is 4.92 Å². The first-order valence-electron chi connectivity index (χ1n) is 7.03. The van der Waals surface area contributed by atoms with Crippen LogP contribution in [-0.2, 0) is 4.74 Å². The predicted octanol–water partition coefficient (Wildman–Crippen LogP) is 3.39. The Balaban J connectivity index is 2.63. The van der Waals surface area contributed by atoms with E-state index in [0.717, 1.165) is 12.8 Å². The molecule has 1 aromatic rings. The normalized spacial score (nSPS) is 10.1. The van der Waals surface area contributed by atoms with E-state index in [2.05, 4.69) is 11.9 Å². The van der Waals surface area contributed by atoms with Gasteiger partial charge in [-0.25, -0.2) is 0 Å². The molecule has 0 fully saturated rings. The van der Waals surface area contributed by atoms with Crippen LogP contribution in [0.2, 0.25) is 0 Å². The van der Waals surface area contributed by atoms with Crippen molar-refractivity contribution in [2.45, 2.75) is 19.8 Å². The largest absolute Gasteiger partial charge is 0.487 e. The minimum Gasteiger partial charge on any atom is -0.487 e. The summed E-state index contributed by atoms with van der Waals surface area (Å²) >= 11 is 0. The average Bonchev–Trinajstić information content (AvgIpc) is 2.48. The van der Waals surface area contributed by atoms with Gasteiger partial charge in [0.1, 0.15) is 5.69 Å². The summed E-state index contributed by atoms with van der Waals surface area (Å²) < 4.78 is 10.8. The van der Waals surface area contributed by atoms with Gasteiger partial charge < -0.3 is 14.8 Å². The quantitative estimate of drug-likeness (QED) is 0.293. The lowest BCUT2D eigenvalue weighted by Gasteiger charge is -2.11. The zero-order valence-electron chi connectivity index (χ0n) is 12.3. The van der Waals surface area contributed by atoms with E-state index in [9.17, 15) is 10.1 Å². The highest BCUT2D eigenvalue weighted by Gasteiger charge is 2.20. The Kier molecular flexibility index (Phi) is 7.89. The van der Waals surface area contributed by atoms with Crippen molar-refractivity contribution in [3.63, 3.8) is 0 Å². The first-order valence-corrected chi connectivity index (χ1v) is 7.03. The summed E-state index contributed by atoms with van der Waals surface area (Å²) in [6.07, 6.45) is 3.37. The molecule has 0 atom stereocenters. The number of hydrogen-bond acceptors (Lipinski definition) is 5. The van der Waals surface area contributed by atoms with E-state index in [1.807, 2.05) is 6.92 Å². The summed E-state index contributed by atoms with van der Waals surface area (Å²) in [5, 5.41) is 14.2.